The molecule has 0 bridgehead atoms. The van der Waals surface area contributed by atoms with Crippen LogP contribution in [0.4, 0.5) is 27.4 Å². The van der Waals surface area contributed by atoms with E-state index in [1.165, 1.54) is 6.07 Å². The van der Waals surface area contributed by atoms with Gasteiger partial charge < -0.3 is 21.2 Å². The minimum absolute atomic E-state index is 0.0598. The number of allylic oxidation sites excluding steroid dienone is 1. The average Bonchev–Trinajstić information content (AvgIpc) is 3.46. The summed E-state index contributed by atoms with van der Waals surface area (Å²) < 4.78 is 13.5. The van der Waals surface area contributed by atoms with Gasteiger partial charge in [-0.2, -0.15) is 5.26 Å². The van der Waals surface area contributed by atoms with E-state index < -0.39 is 5.82 Å². The lowest BCUT2D eigenvalue weighted by molar-refractivity contribution is 0.249. The first-order chi connectivity index (χ1) is 22.0. The number of halogens is 1. The van der Waals surface area contributed by atoms with Gasteiger partial charge in [0, 0.05) is 44.6 Å². The molecule has 5 heterocycles. The minimum Gasteiger partial charge on any atom is -0.409 e. The Morgan fingerprint density at radius 1 is 1.04 bits per heavy atom. The zero-order valence-electron chi connectivity index (χ0n) is 24.5. The molecule has 1 aromatic carbocycles. The number of anilines is 4. The highest BCUT2D eigenvalue weighted by Crippen LogP contribution is 2.42. The maximum Gasteiger partial charge on any atom is 0.234 e. The maximum atomic E-state index is 13.5. The van der Waals surface area contributed by atoms with Crippen LogP contribution in [0, 0.1) is 17.1 Å². The van der Waals surface area contributed by atoms with Crippen LogP contribution in [0.1, 0.15) is 18.3 Å². The smallest absolute Gasteiger partial charge is 0.234 e. The van der Waals surface area contributed by atoms with E-state index in [0.29, 0.717) is 28.6 Å². The Morgan fingerprint density at radius 3 is 2.51 bits per heavy atom. The van der Waals surface area contributed by atoms with Crippen molar-refractivity contribution in [1.82, 2.24) is 24.8 Å². The molecule has 0 saturated carbocycles. The van der Waals surface area contributed by atoms with Crippen LogP contribution in [0.25, 0.3) is 11.4 Å². The number of hydrogen-bond donors (Lipinski definition) is 3. The third kappa shape index (κ3) is 6.13. The van der Waals surface area contributed by atoms with Crippen molar-refractivity contribution in [2.45, 2.75) is 13.5 Å². The van der Waals surface area contributed by atoms with Gasteiger partial charge in [-0.1, -0.05) is 29.4 Å². The molecule has 2 aliphatic heterocycles. The molecule has 45 heavy (non-hydrogen) atoms. The van der Waals surface area contributed by atoms with Crippen molar-refractivity contribution >= 4 is 28.8 Å². The van der Waals surface area contributed by atoms with Crippen LogP contribution in [0.5, 0.6) is 0 Å². The number of benzene rings is 1. The molecular weight excluding hydrogens is 573 g/mol. The summed E-state index contributed by atoms with van der Waals surface area (Å²) in [6.07, 6.45) is 6.34. The number of nitrogens with two attached hydrogens (primary N) is 1. The molecule has 12 nitrogen and oxygen atoms in total. The predicted octanol–water partition coefficient (Wildman–Crippen LogP) is 4.36. The van der Waals surface area contributed by atoms with E-state index in [1.807, 2.05) is 48.2 Å². The Hall–Kier alpha value is -5.87. The van der Waals surface area contributed by atoms with E-state index in [4.69, 9.17) is 16.0 Å². The van der Waals surface area contributed by atoms with E-state index in [2.05, 4.69) is 47.4 Å². The molecule has 6 rings (SSSR count). The van der Waals surface area contributed by atoms with Crippen molar-refractivity contribution in [3.05, 3.63) is 108 Å². The molecule has 4 aromatic rings. The van der Waals surface area contributed by atoms with Gasteiger partial charge in [-0.3, -0.25) is 14.8 Å². The Balaban J connectivity index is 1.26. The van der Waals surface area contributed by atoms with Crippen LogP contribution >= 0.6 is 0 Å². The highest BCUT2D eigenvalue weighted by molar-refractivity contribution is 6.03. The van der Waals surface area contributed by atoms with Gasteiger partial charge in [0.2, 0.25) is 5.82 Å². The first kappa shape index (κ1) is 29.2. The van der Waals surface area contributed by atoms with Crippen molar-refractivity contribution in [3.63, 3.8) is 0 Å². The molecule has 2 aliphatic rings. The lowest BCUT2D eigenvalue weighted by atomic mass is 10.1. The Labute approximate surface area is 259 Å². The second-order valence-electron chi connectivity index (χ2n) is 10.4. The van der Waals surface area contributed by atoms with E-state index in [0.717, 1.165) is 61.7 Å². The number of piperazine rings is 1. The largest absolute Gasteiger partial charge is 0.409 e. The quantitative estimate of drug-likeness (QED) is 0.119. The normalized spacial score (nSPS) is 16.4. The topological polar surface area (TPSA) is 156 Å². The summed E-state index contributed by atoms with van der Waals surface area (Å²) in [4.78, 5) is 23.8. The van der Waals surface area contributed by atoms with E-state index in [9.17, 15) is 9.60 Å². The summed E-state index contributed by atoms with van der Waals surface area (Å²) in [5, 5.41) is 25.3. The molecule has 0 radical (unpaired) electrons. The number of aromatic nitrogens is 4. The number of nitrogens with one attached hydrogen (secondary N) is 1. The molecule has 0 amide bonds. The van der Waals surface area contributed by atoms with Crippen molar-refractivity contribution in [1.29, 1.82) is 5.26 Å². The fourth-order valence-electron chi connectivity index (χ4n) is 5.34. The Kier molecular flexibility index (Phi) is 8.30. The van der Waals surface area contributed by atoms with Gasteiger partial charge in [0.15, 0.2) is 11.7 Å². The fourth-order valence-corrected chi connectivity index (χ4v) is 5.34. The van der Waals surface area contributed by atoms with Crippen LogP contribution < -0.4 is 20.9 Å². The van der Waals surface area contributed by atoms with E-state index in [-0.39, 0.29) is 11.7 Å². The van der Waals surface area contributed by atoms with Crippen molar-refractivity contribution < 1.29 is 9.60 Å². The number of oxime groups is 1. The highest BCUT2D eigenvalue weighted by Gasteiger charge is 2.31. The van der Waals surface area contributed by atoms with Gasteiger partial charge in [-0.15, -0.1) is 0 Å². The number of fused-ring (bicyclic) bond motifs is 1. The maximum absolute atomic E-state index is 13.5. The first-order valence-corrected chi connectivity index (χ1v) is 14.3. The molecular formula is C32H30FN11O. The zero-order chi connectivity index (χ0) is 31.3. The Morgan fingerprint density at radius 2 is 1.82 bits per heavy atom. The van der Waals surface area contributed by atoms with Gasteiger partial charge >= 0.3 is 0 Å². The van der Waals surface area contributed by atoms with Crippen LogP contribution in [0.15, 0.2) is 95.7 Å². The van der Waals surface area contributed by atoms with Crippen LogP contribution in [0.2, 0.25) is 0 Å². The molecule has 4 N–H and O–H groups in total. The van der Waals surface area contributed by atoms with Gasteiger partial charge in [0.1, 0.15) is 23.5 Å². The molecule has 0 unspecified atom stereocenters. The standard InChI is InChI=1S/C32H30FN11O/c1-2-3-24(30(35)41-45)31-39-27-11-10-26(25-9-6-22(33)19-37-25)38-32(27)44(31)23-7-4-21(5-8-23)20-42-14-16-43(17-15-42)29-12-13-36-28(18-34)40-29/h2-13,19,39,45H,14-17,20H2,1H3,(H2,35,41)/b3-2-,31-24+. The van der Waals surface area contributed by atoms with E-state index >= 15 is 0 Å². The van der Waals surface area contributed by atoms with Crippen LogP contribution in [0.3, 0.4) is 0 Å². The van der Waals surface area contributed by atoms with E-state index in [1.54, 1.807) is 24.4 Å². The summed E-state index contributed by atoms with van der Waals surface area (Å²) in [5.41, 5.74) is 10.4. The number of hydrogen-bond acceptors (Lipinski definition) is 11. The lowest BCUT2D eigenvalue weighted by Crippen LogP contribution is -2.46. The molecule has 226 valence electrons. The number of nitrogens with zero attached hydrogens (tertiary/aromatic N) is 9. The van der Waals surface area contributed by atoms with Gasteiger partial charge in [0.25, 0.3) is 0 Å². The molecule has 0 atom stereocenters. The fraction of sp³-hybridized carbons (Fsp3) is 0.188. The molecule has 3 aromatic heterocycles. The summed E-state index contributed by atoms with van der Waals surface area (Å²) >= 11 is 0. The highest BCUT2D eigenvalue weighted by atomic mass is 19.1. The molecule has 1 fully saturated rings. The number of amidine groups is 1. The third-order valence-corrected chi connectivity index (χ3v) is 7.56. The number of pyridine rings is 2. The second kappa shape index (κ2) is 12.8. The minimum atomic E-state index is -0.426. The predicted molar refractivity (Wildman–Crippen MR) is 169 cm³/mol. The summed E-state index contributed by atoms with van der Waals surface area (Å²) in [6.45, 7) is 5.90. The first-order valence-electron chi connectivity index (χ1n) is 14.3. The molecule has 0 spiro atoms. The van der Waals surface area contributed by atoms with Gasteiger partial charge in [-0.05, 0) is 55.0 Å². The molecule has 13 heteroatoms. The Bertz CT molecular complexity index is 1820. The summed E-state index contributed by atoms with van der Waals surface area (Å²) in [7, 11) is 0. The third-order valence-electron chi connectivity index (χ3n) is 7.56. The second-order valence-corrected chi connectivity index (χ2v) is 10.4. The van der Waals surface area contributed by atoms with Crippen molar-refractivity contribution in [2.75, 3.05) is 41.3 Å². The SMILES string of the molecule is C\C=C/C(C(/N)=N/O)=C1/Nc2ccc(-c3ccc(F)cn3)nc2N1c1ccc(CN2CCN(c3ccnc(C#N)n3)CC2)cc1. The molecule has 0 aliphatic carbocycles. The lowest BCUT2D eigenvalue weighted by Gasteiger charge is -2.35. The van der Waals surface area contributed by atoms with Crippen LogP contribution in [-0.4, -0.2) is 62.1 Å². The van der Waals surface area contributed by atoms with Gasteiger partial charge in [0.05, 0.1) is 28.8 Å². The average molecular weight is 604 g/mol. The molecule has 1 saturated heterocycles. The zero-order valence-corrected chi connectivity index (χ0v) is 24.5. The number of rotatable bonds is 7. The van der Waals surface area contributed by atoms with Gasteiger partial charge in [-0.25, -0.2) is 19.3 Å². The number of nitriles is 1. The van der Waals surface area contributed by atoms with Crippen molar-refractivity contribution in [2.24, 2.45) is 10.9 Å². The van der Waals surface area contributed by atoms with Crippen LogP contribution in [-0.2, 0) is 6.54 Å². The summed E-state index contributed by atoms with van der Waals surface area (Å²) in [6, 6.07) is 18.6. The monoisotopic (exact) mass is 603 g/mol. The summed E-state index contributed by atoms with van der Waals surface area (Å²) in [5.74, 6) is 1.62. The van der Waals surface area contributed by atoms with Crippen molar-refractivity contribution in [3.8, 4) is 17.5 Å².